The number of hydrogen-bond donors (Lipinski definition) is 0. The molecule has 1 atom stereocenters. The van der Waals surface area contributed by atoms with Crippen molar-refractivity contribution in [2.45, 2.75) is 12.5 Å². The number of ether oxygens (including phenoxy) is 1. The highest BCUT2D eigenvalue weighted by Crippen LogP contribution is 2.21. The molecule has 2 rings (SSSR count). The Morgan fingerprint density at radius 1 is 1.47 bits per heavy atom. The Morgan fingerprint density at radius 2 is 2.18 bits per heavy atom. The predicted octanol–water partition coefficient (Wildman–Crippen LogP) is 0.788. The van der Waals surface area contributed by atoms with Crippen molar-refractivity contribution in [2.75, 3.05) is 14.2 Å². The third-order valence-corrected chi connectivity index (χ3v) is 2.75. The van der Waals surface area contributed by atoms with Gasteiger partial charge in [-0.2, -0.15) is 0 Å². The summed E-state index contributed by atoms with van der Waals surface area (Å²) >= 11 is 0. The summed E-state index contributed by atoms with van der Waals surface area (Å²) < 4.78 is 5.09. The van der Waals surface area contributed by atoms with Crippen molar-refractivity contribution in [2.24, 2.45) is 0 Å². The molecule has 0 saturated heterocycles. The second-order valence-corrected chi connectivity index (χ2v) is 3.77. The summed E-state index contributed by atoms with van der Waals surface area (Å²) in [6.45, 7) is 0. The predicted molar refractivity (Wildman–Crippen MR) is 59.1 cm³/mol. The van der Waals surface area contributed by atoms with Crippen molar-refractivity contribution >= 4 is 11.9 Å². The highest BCUT2D eigenvalue weighted by Gasteiger charge is 2.32. The van der Waals surface area contributed by atoms with Crippen molar-refractivity contribution in [3.8, 4) is 0 Å². The van der Waals surface area contributed by atoms with Gasteiger partial charge in [0.15, 0.2) is 6.10 Å². The number of fused-ring (bicyclic) bond motifs is 1. The number of rotatable bonds is 2. The molecule has 1 unspecified atom stereocenters. The number of carbonyl (C=O) groups is 2. The SMILES string of the molecule is CON(C)C(=O)C1Cc2ccccc2C(=O)O1. The number of esters is 1. The number of amides is 1. The van der Waals surface area contributed by atoms with E-state index in [1.165, 1.54) is 14.2 Å². The third-order valence-electron chi connectivity index (χ3n) is 2.75. The van der Waals surface area contributed by atoms with Crippen LogP contribution in [0.2, 0.25) is 0 Å². The average Bonchev–Trinajstić information content (AvgIpc) is 2.37. The van der Waals surface area contributed by atoms with Crippen molar-refractivity contribution in [1.82, 2.24) is 5.06 Å². The molecule has 0 spiro atoms. The van der Waals surface area contributed by atoms with Crippen LogP contribution in [-0.4, -0.2) is 37.2 Å². The number of nitrogens with zero attached hydrogens (tertiary/aromatic N) is 1. The smallest absolute Gasteiger partial charge is 0.339 e. The van der Waals surface area contributed by atoms with Gasteiger partial charge in [0.1, 0.15) is 0 Å². The number of benzene rings is 1. The second-order valence-electron chi connectivity index (χ2n) is 3.77. The van der Waals surface area contributed by atoms with Gasteiger partial charge >= 0.3 is 5.97 Å². The van der Waals surface area contributed by atoms with E-state index in [9.17, 15) is 9.59 Å². The standard InChI is InChI=1S/C12H13NO4/c1-13(16-2)11(14)10-7-8-5-3-4-6-9(8)12(15)17-10/h3-6,10H,7H2,1-2H3. The van der Waals surface area contributed by atoms with E-state index in [4.69, 9.17) is 9.57 Å². The van der Waals surface area contributed by atoms with Gasteiger partial charge in [0.25, 0.3) is 5.91 Å². The fourth-order valence-corrected chi connectivity index (χ4v) is 1.76. The first-order valence-corrected chi connectivity index (χ1v) is 5.24. The summed E-state index contributed by atoms with van der Waals surface area (Å²) in [6.07, 6.45) is -0.420. The lowest BCUT2D eigenvalue weighted by molar-refractivity contribution is -0.178. The highest BCUT2D eigenvalue weighted by molar-refractivity contribution is 5.95. The van der Waals surface area contributed by atoms with Crippen LogP contribution in [0.1, 0.15) is 15.9 Å². The van der Waals surface area contributed by atoms with Crippen LogP contribution >= 0.6 is 0 Å². The molecule has 0 aromatic heterocycles. The molecule has 0 fully saturated rings. The van der Waals surface area contributed by atoms with Crippen LogP contribution in [0, 0.1) is 0 Å². The Labute approximate surface area is 98.9 Å². The van der Waals surface area contributed by atoms with Gasteiger partial charge in [-0.25, -0.2) is 9.86 Å². The topological polar surface area (TPSA) is 55.8 Å². The molecule has 5 heteroatoms. The fraction of sp³-hybridized carbons (Fsp3) is 0.333. The summed E-state index contributed by atoms with van der Waals surface area (Å²) in [4.78, 5) is 28.3. The second kappa shape index (κ2) is 4.55. The van der Waals surface area contributed by atoms with Gasteiger partial charge in [-0.3, -0.25) is 9.63 Å². The van der Waals surface area contributed by atoms with Gasteiger partial charge in [0.05, 0.1) is 12.7 Å². The Hall–Kier alpha value is -1.88. The van der Waals surface area contributed by atoms with E-state index in [-0.39, 0.29) is 5.91 Å². The monoisotopic (exact) mass is 235 g/mol. The van der Waals surface area contributed by atoms with Crippen LogP contribution in [0.25, 0.3) is 0 Å². The molecule has 0 aliphatic carbocycles. The van der Waals surface area contributed by atoms with Gasteiger partial charge in [-0.1, -0.05) is 18.2 Å². The van der Waals surface area contributed by atoms with Gasteiger partial charge < -0.3 is 4.74 Å². The van der Waals surface area contributed by atoms with Gasteiger partial charge in [-0.05, 0) is 11.6 Å². The zero-order valence-electron chi connectivity index (χ0n) is 9.67. The van der Waals surface area contributed by atoms with E-state index in [0.29, 0.717) is 12.0 Å². The Balaban J connectivity index is 2.23. The lowest BCUT2D eigenvalue weighted by Crippen LogP contribution is -2.42. The maximum absolute atomic E-state index is 11.8. The van der Waals surface area contributed by atoms with E-state index < -0.39 is 12.1 Å². The van der Waals surface area contributed by atoms with Crippen LogP contribution in [0.15, 0.2) is 24.3 Å². The fourth-order valence-electron chi connectivity index (χ4n) is 1.76. The van der Waals surface area contributed by atoms with Gasteiger partial charge in [0, 0.05) is 13.5 Å². The first-order valence-electron chi connectivity index (χ1n) is 5.24. The van der Waals surface area contributed by atoms with Crippen LogP contribution in [0.3, 0.4) is 0 Å². The van der Waals surface area contributed by atoms with Crippen LogP contribution in [0.4, 0.5) is 0 Å². The number of hydrogen-bond acceptors (Lipinski definition) is 4. The molecule has 0 bridgehead atoms. The van der Waals surface area contributed by atoms with E-state index in [2.05, 4.69) is 0 Å². The van der Waals surface area contributed by atoms with E-state index in [0.717, 1.165) is 10.6 Å². The molecule has 1 amide bonds. The first-order chi connectivity index (χ1) is 8.13. The summed E-state index contributed by atoms with van der Waals surface area (Å²) in [7, 11) is 2.87. The quantitative estimate of drug-likeness (QED) is 0.561. The average molecular weight is 235 g/mol. The van der Waals surface area contributed by atoms with Crippen LogP contribution in [-0.2, 0) is 20.8 Å². The van der Waals surface area contributed by atoms with E-state index >= 15 is 0 Å². The summed E-state index contributed by atoms with van der Waals surface area (Å²) in [5.74, 6) is -0.829. The summed E-state index contributed by atoms with van der Waals surface area (Å²) in [5, 5.41) is 1.06. The molecule has 1 aromatic carbocycles. The largest absolute Gasteiger partial charge is 0.448 e. The molecule has 1 aromatic rings. The maximum atomic E-state index is 11.8. The number of likely N-dealkylation sites (N-methyl/N-ethyl adjacent to an activating group) is 1. The van der Waals surface area contributed by atoms with Crippen molar-refractivity contribution in [3.63, 3.8) is 0 Å². The van der Waals surface area contributed by atoms with Crippen molar-refractivity contribution in [3.05, 3.63) is 35.4 Å². The molecule has 17 heavy (non-hydrogen) atoms. The van der Waals surface area contributed by atoms with E-state index in [1.807, 2.05) is 12.1 Å². The molecule has 0 N–H and O–H groups in total. The lowest BCUT2D eigenvalue weighted by atomic mass is 9.98. The van der Waals surface area contributed by atoms with Gasteiger partial charge in [-0.15, -0.1) is 0 Å². The van der Waals surface area contributed by atoms with Gasteiger partial charge in [0.2, 0.25) is 0 Å². The number of carbonyl (C=O) groups excluding carboxylic acids is 2. The lowest BCUT2D eigenvalue weighted by Gasteiger charge is -2.26. The summed E-state index contributed by atoms with van der Waals surface area (Å²) in [6, 6.07) is 7.11. The minimum Gasteiger partial charge on any atom is -0.448 e. The maximum Gasteiger partial charge on any atom is 0.339 e. The van der Waals surface area contributed by atoms with Crippen molar-refractivity contribution in [1.29, 1.82) is 0 Å². The highest BCUT2D eigenvalue weighted by atomic mass is 16.7. The zero-order valence-corrected chi connectivity index (χ0v) is 9.67. The van der Waals surface area contributed by atoms with Crippen LogP contribution < -0.4 is 0 Å². The normalized spacial score (nSPS) is 18.2. The Kier molecular flexibility index (Phi) is 3.10. The molecular formula is C12H13NO4. The minimum atomic E-state index is -0.803. The molecule has 1 aliphatic rings. The molecule has 0 radical (unpaired) electrons. The first kappa shape index (κ1) is 11.6. The van der Waals surface area contributed by atoms with Crippen LogP contribution in [0.5, 0.6) is 0 Å². The molecule has 1 heterocycles. The van der Waals surface area contributed by atoms with Crippen molar-refractivity contribution < 1.29 is 19.2 Å². The summed E-state index contributed by atoms with van der Waals surface area (Å²) in [5.41, 5.74) is 1.35. The zero-order chi connectivity index (χ0) is 12.4. The Morgan fingerprint density at radius 3 is 2.88 bits per heavy atom. The number of hydroxylamine groups is 2. The molecule has 90 valence electrons. The molecule has 1 aliphatic heterocycles. The Bertz CT molecular complexity index is 458. The molecular weight excluding hydrogens is 222 g/mol. The molecule has 0 saturated carbocycles. The third kappa shape index (κ3) is 2.14. The molecule has 5 nitrogen and oxygen atoms in total. The van der Waals surface area contributed by atoms with E-state index in [1.54, 1.807) is 12.1 Å². The number of cyclic esters (lactones) is 1. The minimum absolute atomic E-state index is 0.365.